The highest BCUT2D eigenvalue weighted by Gasteiger charge is 2.24. The zero-order chi connectivity index (χ0) is 21.9. The van der Waals surface area contributed by atoms with Crippen LogP contribution >= 0.6 is 0 Å². The summed E-state index contributed by atoms with van der Waals surface area (Å²) in [6.07, 6.45) is 4.51. The van der Waals surface area contributed by atoms with Crippen LogP contribution in [0.3, 0.4) is 0 Å². The molecule has 2 aliphatic rings. The number of ether oxygens (including phenoxy) is 2. The largest absolute Gasteiger partial charge is 0.493 e. The highest BCUT2D eigenvalue weighted by molar-refractivity contribution is 5.80. The van der Waals surface area contributed by atoms with Crippen LogP contribution in [0.4, 0.5) is 0 Å². The summed E-state index contributed by atoms with van der Waals surface area (Å²) >= 11 is 0. The number of aliphatic imine (C=N–C) groups is 1. The molecule has 2 fully saturated rings. The fourth-order valence-electron chi connectivity index (χ4n) is 4.18. The summed E-state index contributed by atoms with van der Waals surface area (Å²) in [6, 6.07) is 8.94. The summed E-state index contributed by atoms with van der Waals surface area (Å²) in [5, 5.41) is 7.07. The maximum Gasteiger partial charge on any atom is 0.191 e. The Morgan fingerprint density at radius 1 is 1.19 bits per heavy atom. The number of nitrogens with one attached hydrogen (secondary N) is 2. The van der Waals surface area contributed by atoms with E-state index in [2.05, 4.69) is 60.6 Å². The summed E-state index contributed by atoms with van der Waals surface area (Å²) in [7, 11) is 0. The van der Waals surface area contributed by atoms with Crippen molar-refractivity contribution in [2.75, 3.05) is 52.5 Å². The molecule has 2 heterocycles. The first-order valence-corrected chi connectivity index (χ1v) is 12.2. The van der Waals surface area contributed by atoms with Crippen LogP contribution in [-0.4, -0.2) is 69.4 Å². The van der Waals surface area contributed by atoms with Gasteiger partial charge in [0.25, 0.3) is 0 Å². The third-order valence-corrected chi connectivity index (χ3v) is 5.99. The van der Waals surface area contributed by atoms with Crippen molar-refractivity contribution in [3.8, 4) is 5.75 Å². The van der Waals surface area contributed by atoms with Crippen LogP contribution in [0.2, 0.25) is 0 Å². The quantitative estimate of drug-likeness (QED) is 0.441. The standard InChI is InChI=1S/C25H42N4O2/c1-4-26-25(27-13-9-21-5-7-24(8-6-21)31-18-20(2)3)28-23-10-14-29(15-11-23)17-22-12-16-30-19-22/h5-8,20,22-23H,4,9-19H2,1-3H3,(H2,26,27,28). The number of guanidine groups is 1. The van der Waals surface area contributed by atoms with Gasteiger partial charge in [0.1, 0.15) is 5.75 Å². The maximum absolute atomic E-state index is 5.77. The van der Waals surface area contributed by atoms with Gasteiger partial charge in [-0.05, 0) is 62.1 Å². The van der Waals surface area contributed by atoms with Crippen molar-refractivity contribution in [1.29, 1.82) is 0 Å². The molecule has 1 unspecified atom stereocenters. The lowest BCUT2D eigenvalue weighted by molar-refractivity contribution is 0.150. The molecular formula is C25H42N4O2. The van der Waals surface area contributed by atoms with E-state index in [9.17, 15) is 0 Å². The Bertz CT molecular complexity index is 648. The Hall–Kier alpha value is -1.79. The Balaban J connectivity index is 1.39. The van der Waals surface area contributed by atoms with Crippen LogP contribution < -0.4 is 15.4 Å². The van der Waals surface area contributed by atoms with Crippen LogP contribution in [-0.2, 0) is 11.2 Å². The SMILES string of the molecule is CCNC(=NCCc1ccc(OCC(C)C)cc1)NC1CCN(CC2CCOC2)CC1. The topological polar surface area (TPSA) is 58.1 Å². The van der Waals surface area contributed by atoms with Gasteiger partial charge < -0.3 is 25.0 Å². The van der Waals surface area contributed by atoms with Crippen LogP contribution in [0, 0.1) is 11.8 Å². The average molecular weight is 431 g/mol. The Morgan fingerprint density at radius 2 is 1.97 bits per heavy atom. The lowest BCUT2D eigenvalue weighted by Gasteiger charge is -2.34. The predicted octanol–water partition coefficient (Wildman–Crippen LogP) is 3.32. The molecule has 0 spiro atoms. The van der Waals surface area contributed by atoms with E-state index in [4.69, 9.17) is 14.5 Å². The molecule has 0 bridgehead atoms. The number of likely N-dealkylation sites (tertiary alicyclic amines) is 1. The van der Waals surface area contributed by atoms with Gasteiger partial charge >= 0.3 is 0 Å². The minimum absolute atomic E-state index is 0.506. The molecular weight excluding hydrogens is 388 g/mol. The molecule has 31 heavy (non-hydrogen) atoms. The van der Waals surface area contributed by atoms with Crippen LogP contribution in [0.1, 0.15) is 45.6 Å². The third-order valence-electron chi connectivity index (χ3n) is 5.99. The van der Waals surface area contributed by atoms with Gasteiger partial charge in [-0.15, -0.1) is 0 Å². The molecule has 6 nitrogen and oxygen atoms in total. The molecule has 0 amide bonds. The van der Waals surface area contributed by atoms with Gasteiger partial charge in [-0.1, -0.05) is 26.0 Å². The second kappa shape index (κ2) is 12.9. The zero-order valence-corrected chi connectivity index (χ0v) is 19.7. The second-order valence-corrected chi connectivity index (χ2v) is 9.31. The smallest absolute Gasteiger partial charge is 0.191 e. The molecule has 0 aliphatic carbocycles. The van der Waals surface area contributed by atoms with Gasteiger partial charge in [-0.25, -0.2) is 0 Å². The number of nitrogens with zero attached hydrogens (tertiary/aromatic N) is 2. The molecule has 2 N–H and O–H groups in total. The van der Waals surface area contributed by atoms with E-state index >= 15 is 0 Å². The first kappa shape index (κ1) is 23.9. The van der Waals surface area contributed by atoms with Crippen molar-refractivity contribution in [3.63, 3.8) is 0 Å². The fraction of sp³-hybridized carbons (Fsp3) is 0.720. The van der Waals surface area contributed by atoms with Gasteiger partial charge in [0.15, 0.2) is 5.96 Å². The third kappa shape index (κ3) is 8.69. The normalized spacial score (nSPS) is 20.9. The first-order valence-electron chi connectivity index (χ1n) is 12.2. The highest BCUT2D eigenvalue weighted by Crippen LogP contribution is 2.18. The van der Waals surface area contributed by atoms with E-state index in [1.807, 2.05) is 0 Å². The van der Waals surface area contributed by atoms with Gasteiger partial charge in [-0.3, -0.25) is 4.99 Å². The second-order valence-electron chi connectivity index (χ2n) is 9.31. The van der Waals surface area contributed by atoms with Crippen molar-refractivity contribution < 1.29 is 9.47 Å². The van der Waals surface area contributed by atoms with Crippen molar-refractivity contribution >= 4 is 5.96 Å². The van der Waals surface area contributed by atoms with E-state index < -0.39 is 0 Å². The summed E-state index contributed by atoms with van der Waals surface area (Å²) < 4.78 is 11.3. The molecule has 0 aromatic heterocycles. The van der Waals surface area contributed by atoms with Gasteiger partial charge in [0.2, 0.25) is 0 Å². The van der Waals surface area contributed by atoms with Gasteiger partial charge in [-0.2, -0.15) is 0 Å². The average Bonchev–Trinajstić information content (AvgIpc) is 3.28. The summed E-state index contributed by atoms with van der Waals surface area (Å²) in [4.78, 5) is 7.43. The lowest BCUT2D eigenvalue weighted by Crippen LogP contribution is -2.49. The molecule has 0 saturated carbocycles. The van der Waals surface area contributed by atoms with Crippen molar-refractivity contribution in [2.45, 2.75) is 52.5 Å². The van der Waals surface area contributed by atoms with E-state index in [0.717, 1.165) is 57.0 Å². The Kier molecular flexibility index (Phi) is 9.94. The van der Waals surface area contributed by atoms with E-state index in [1.165, 1.54) is 44.5 Å². The predicted molar refractivity (Wildman–Crippen MR) is 128 cm³/mol. The monoisotopic (exact) mass is 430 g/mol. The van der Waals surface area contributed by atoms with Gasteiger partial charge in [0.05, 0.1) is 13.2 Å². The van der Waals surface area contributed by atoms with Crippen molar-refractivity contribution in [2.24, 2.45) is 16.8 Å². The Morgan fingerprint density at radius 3 is 2.61 bits per heavy atom. The molecule has 2 saturated heterocycles. The minimum Gasteiger partial charge on any atom is -0.493 e. The summed E-state index contributed by atoms with van der Waals surface area (Å²) in [5.74, 6) is 3.17. The molecule has 0 radical (unpaired) electrons. The molecule has 3 rings (SSSR count). The molecule has 6 heteroatoms. The van der Waals surface area contributed by atoms with Crippen molar-refractivity contribution in [1.82, 2.24) is 15.5 Å². The van der Waals surface area contributed by atoms with Crippen LogP contribution in [0.15, 0.2) is 29.3 Å². The van der Waals surface area contributed by atoms with Crippen LogP contribution in [0.25, 0.3) is 0 Å². The summed E-state index contributed by atoms with van der Waals surface area (Å²) in [6.45, 7) is 14.3. The fourth-order valence-corrected chi connectivity index (χ4v) is 4.18. The Labute approximate surface area is 188 Å². The van der Waals surface area contributed by atoms with E-state index in [1.54, 1.807) is 0 Å². The number of benzene rings is 1. The molecule has 174 valence electrons. The van der Waals surface area contributed by atoms with Gasteiger partial charge in [0, 0.05) is 45.4 Å². The molecule has 1 atom stereocenters. The van der Waals surface area contributed by atoms with Crippen molar-refractivity contribution in [3.05, 3.63) is 29.8 Å². The number of hydrogen-bond donors (Lipinski definition) is 2. The molecule has 1 aromatic carbocycles. The molecule has 2 aliphatic heterocycles. The number of piperidine rings is 1. The summed E-state index contributed by atoms with van der Waals surface area (Å²) in [5.41, 5.74) is 1.29. The maximum atomic E-state index is 5.77. The van der Waals surface area contributed by atoms with Crippen LogP contribution in [0.5, 0.6) is 5.75 Å². The lowest BCUT2D eigenvalue weighted by atomic mass is 10.0. The van der Waals surface area contributed by atoms with E-state index in [-0.39, 0.29) is 0 Å². The highest BCUT2D eigenvalue weighted by atomic mass is 16.5. The minimum atomic E-state index is 0.506. The first-order chi connectivity index (χ1) is 15.1. The number of rotatable bonds is 10. The molecule has 1 aromatic rings. The number of hydrogen-bond acceptors (Lipinski definition) is 4. The zero-order valence-electron chi connectivity index (χ0n) is 19.7. The van der Waals surface area contributed by atoms with E-state index in [0.29, 0.717) is 12.0 Å².